The molecule has 0 atom stereocenters. The fourth-order valence-electron chi connectivity index (χ4n) is 4.40. The summed E-state index contributed by atoms with van der Waals surface area (Å²) in [6, 6.07) is 14.0. The SMILES string of the molecule is CCc1ccc2c(c1)S/C(=c1/s/c(=C\c3scc[n+]3Cc3ccccc3C(=O)OC)n(CC)c1=O)N2C. The van der Waals surface area contributed by atoms with Gasteiger partial charge < -0.3 is 9.64 Å². The predicted molar refractivity (Wildman–Crippen MR) is 152 cm³/mol. The summed E-state index contributed by atoms with van der Waals surface area (Å²) in [4.78, 5) is 29.1. The van der Waals surface area contributed by atoms with Gasteiger partial charge in [0.05, 0.1) is 29.8 Å². The number of ether oxygens (including phenoxy) is 1. The lowest BCUT2D eigenvalue weighted by Crippen LogP contribution is -2.36. The van der Waals surface area contributed by atoms with Crippen molar-refractivity contribution >= 4 is 57.2 Å². The molecular formula is C28H28N3O3S3+. The lowest BCUT2D eigenvalue weighted by Gasteiger charge is -2.12. The highest BCUT2D eigenvalue weighted by Gasteiger charge is 2.25. The molecule has 0 aliphatic carbocycles. The van der Waals surface area contributed by atoms with E-state index in [0.29, 0.717) is 18.7 Å². The highest BCUT2D eigenvalue weighted by molar-refractivity contribution is 8.08. The normalized spacial score (nSPS) is 14.8. The second-order valence-corrected chi connectivity index (χ2v) is 11.6. The summed E-state index contributed by atoms with van der Waals surface area (Å²) >= 11 is 4.81. The number of thiazole rings is 2. The number of hydrogen-bond donors (Lipinski definition) is 0. The van der Waals surface area contributed by atoms with E-state index in [0.717, 1.165) is 36.9 Å². The number of fused-ring (bicyclic) bond motifs is 1. The second-order valence-electron chi connectivity index (χ2n) is 8.60. The summed E-state index contributed by atoms with van der Waals surface area (Å²) in [6.07, 6.45) is 5.07. The van der Waals surface area contributed by atoms with Gasteiger partial charge in [-0.15, -0.1) is 11.3 Å². The molecule has 2 aromatic carbocycles. The first kappa shape index (κ1) is 25.5. The van der Waals surface area contributed by atoms with E-state index < -0.39 is 0 Å². The molecule has 2 aromatic heterocycles. The zero-order valence-corrected chi connectivity index (χ0v) is 23.6. The van der Waals surface area contributed by atoms with Gasteiger partial charge >= 0.3 is 5.97 Å². The van der Waals surface area contributed by atoms with E-state index >= 15 is 0 Å². The van der Waals surface area contributed by atoms with Crippen LogP contribution in [-0.2, 0) is 24.2 Å². The molecule has 5 rings (SSSR count). The number of carbonyl (C=O) groups excluding carboxylic acids is 1. The van der Waals surface area contributed by atoms with E-state index in [1.165, 1.54) is 28.9 Å². The average Bonchev–Trinajstić information content (AvgIpc) is 3.59. The number of methoxy groups -OCH3 is 1. The van der Waals surface area contributed by atoms with Crippen LogP contribution in [0.4, 0.5) is 5.69 Å². The minimum atomic E-state index is -0.345. The van der Waals surface area contributed by atoms with Crippen molar-refractivity contribution in [3.05, 3.63) is 95.3 Å². The Hall–Kier alpha value is -3.14. The van der Waals surface area contributed by atoms with Gasteiger partial charge in [0, 0.05) is 24.1 Å². The molecule has 0 amide bonds. The van der Waals surface area contributed by atoms with Crippen LogP contribution in [0.25, 0.3) is 11.1 Å². The van der Waals surface area contributed by atoms with Gasteiger partial charge in [0.25, 0.3) is 10.6 Å². The molecule has 9 heteroatoms. The zero-order chi connectivity index (χ0) is 26.1. The number of aryl methyl sites for hydroxylation is 1. The van der Waals surface area contributed by atoms with Crippen molar-refractivity contribution in [2.24, 2.45) is 0 Å². The van der Waals surface area contributed by atoms with E-state index in [1.54, 1.807) is 29.2 Å². The van der Waals surface area contributed by atoms with Crippen LogP contribution < -0.4 is 24.2 Å². The summed E-state index contributed by atoms with van der Waals surface area (Å²) in [7, 11) is 3.43. The molecule has 190 valence electrons. The molecule has 0 saturated carbocycles. The van der Waals surface area contributed by atoms with Gasteiger partial charge in [-0.2, -0.15) is 4.57 Å². The molecule has 0 saturated heterocycles. The highest BCUT2D eigenvalue weighted by atomic mass is 32.2. The molecule has 37 heavy (non-hydrogen) atoms. The minimum Gasteiger partial charge on any atom is -0.465 e. The van der Waals surface area contributed by atoms with Gasteiger partial charge in [-0.3, -0.25) is 9.36 Å². The first-order chi connectivity index (χ1) is 17.9. The molecule has 0 spiro atoms. The monoisotopic (exact) mass is 550 g/mol. The van der Waals surface area contributed by atoms with Crippen LogP contribution in [0.2, 0.25) is 0 Å². The highest BCUT2D eigenvalue weighted by Crippen LogP contribution is 2.45. The number of benzene rings is 2. The topological polar surface area (TPSA) is 55.4 Å². The Bertz CT molecular complexity index is 1670. The van der Waals surface area contributed by atoms with Gasteiger partial charge in [0.2, 0.25) is 0 Å². The molecule has 3 heterocycles. The van der Waals surface area contributed by atoms with Gasteiger partial charge in [-0.05, 0) is 37.1 Å². The molecule has 1 aliphatic heterocycles. The number of carbonyl (C=O) groups is 1. The maximum absolute atomic E-state index is 13.5. The fraction of sp³-hybridized carbons (Fsp3) is 0.250. The molecule has 0 N–H and O–H groups in total. The quantitative estimate of drug-likeness (QED) is 0.270. The number of esters is 1. The maximum atomic E-state index is 13.5. The van der Waals surface area contributed by atoms with Crippen molar-refractivity contribution < 1.29 is 14.1 Å². The van der Waals surface area contributed by atoms with Crippen LogP contribution in [-0.4, -0.2) is 24.7 Å². The van der Waals surface area contributed by atoms with Crippen molar-refractivity contribution in [3.8, 4) is 0 Å². The number of aromatic nitrogens is 2. The Labute approximate surface area is 227 Å². The van der Waals surface area contributed by atoms with Crippen LogP contribution >= 0.6 is 34.4 Å². The lowest BCUT2D eigenvalue weighted by molar-refractivity contribution is -0.685. The second kappa shape index (κ2) is 10.7. The maximum Gasteiger partial charge on any atom is 0.338 e. The van der Waals surface area contributed by atoms with Gasteiger partial charge in [0.15, 0.2) is 12.7 Å². The molecule has 0 bridgehead atoms. The van der Waals surface area contributed by atoms with Crippen LogP contribution in [0.1, 0.15) is 40.3 Å². The van der Waals surface area contributed by atoms with Crippen LogP contribution in [0, 0.1) is 0 Å². The summed E-state index contributed by atoms with van der Waals surface area (Å²) in [6.45, 7) is 5.27. The standard InChI is InChI=1S/C28H28N3O3S3/c1-5-18-11-12-21-22(15-18)36-27(29(21)3)25-26(32)31(6-2)24(37-25)16-23-30(13-14-35-23)17-19-9-7-8-10-20(19)28(33)34-4/h7-16H,5-6,17H2,1-4H3/q+1/b27-25+. The van der Waals surface area contributed by atoms with Crippen LogP contribution in [0.15, 0.2) is 63.7 Å². The molecule has 1 aliphatic rings. The molecule has 0 radical (unpaired) electrons. The third-order valence-electron chi connectivity index (χ3n) is 6.45. The summed E-state index contributed by atoms with van der Waals surface area (Å²) in [5.74, 6) is -0.345. The molecule has 0 fully saturated rings. The largest absolute Gasteiger partial charge is 0.465 e. The Balaban J connectivity index is 1.57. The summed E-state index contributed by atoms with van der Waals surface area (Å²) < 4.78 is 10.6. The Morgan fingerprint density at radius 1 is 1.16 bits per heavy atom. The van der Waals surface area contributed by atoms with Crippen LogP contribution in [0.3, 0.4) is 0 Å². The zero-order valence-electron chi connectivity index (χ0n) is 21.2. The minimum absolute atomic E-state index is 0.0377. The predicted octanol–water partition coefficient (Wildman–Crippen LogP) is 3.81. The van der Waals surface area contributed by atoms with Crippen molar-refractivity contribution in [2.45, 2.75) is 38.3 Å². The Kier molecular flexibility index (Phi) is 7.37. The molecular weight excluding hydrogens is 523 g/mol. The Morgan fingerprint density at radius 2 is 1.97 bits per heavy atom. The number of rotatable bonds is 6. The lowest BCUT2D eigenvalue weighted by atomic mass is 10.1. The van der Waals surface area contributed by atoms with Crippen molar-refractivity contribution in [1.82, 2.24) is 4.57 Å². The van der Waals surface area contributed by atoms with Crippen molar-refractivity contribution in [1.29, 1.82) is 0 Å². The Morgan fingerprint density at radius 3 is 2.73 bits per heavy atom. The number of nitrogens with zero attached hydrogens (tertiary/aromatic N) is 3. The fourth-order valence-corrected chi connectivity index (χ4v) is 7.78. The average molecular weight is 551 g/mol. The third-order valence-corrected chi connectivity index (χ3v) is 9.77. The van der Waals surface area contributed by atoms with E-state index in [1.807, 2.05) is 48.3 Å². The van der Waals surface area contributed by atoms with Gasteiger partial charge in [-0.25, -0.2) is 4.79 Å². The van der Waals surface area contributed by atoms with Gasteiger partial charge in [-0.1, -0.05) is 54.3 Å². The summed E-state index contributed by atoms with van der Waals surface area (Å²) in [5.41, 5.74) is 3.91. The first-order valence-electron chi connectivity index (χ1n) is 12.1. The third kappa shape index (κ3) is 4.79. The van der Waals surface area contributed by atoms with E-state index in [4.69, 9.17) is 4.74 Å². The van der Waals surface area contributed by atoms with Crippen molar-refractivity contribution in [2.75, 3.05) is 19.1 Å². The van der Waals surface area contributed by atoms with E-state index in [9.17, 15) is 9.59 Å². The number of thioether (sulfide) groups is 1. The van der Waals surface area contributed by atoms with E-state index in [2.05, 4.69) is 40.7 Å². The molecule has 4 aromatic rings. The van der Waals surface area contributed by atoms with Crippen molar-refractivity contribution in [3.63, 3.8) is 0 Å². The van der Waals surface area contributed by atoms with E-state index in [-0.39, 0.29) is 11.5 Å². The number of anilines is 1. The van der Waals surface area contributed by atoms with Gasteiger partial charge in [0.1, 0.15) is 14.2 Å². The number of hydrogen-bond acceptors (Lipinski definition) is 7. The molecule has 6 nitrogen and oxygen atoms in total. The first-order valence-corrected chi connectivity index (χ1v) is 14.6. The molecule has 0 unspecified atom stereocenters. The summed E-state index contributed by atoms with van der Waals surface area (Å²) in [5, 5.41) is 4.00. The van der Waals surface area contributed by atoms with Crippen LogP contribution in [0.5, 0.6) is 0 Å². The smallest absolute Gasteiger partial charge is 0.338 e.